The van der Waals surface area contributed by atoms with E-state index in [-0.39, 0.29) is 20.8 Å². The average Bonchev–Trinajstić information content (AvgIpc) is 2.33. The van der Waals surface area contributed by atoms with Crippen molar-refractivity contribution in [2.45, 2.75) is 10.6 Å². The van der Waals surface area contributed by atoms with E-state index >= 15 is 0 Å². The van der Waals surface area contributed by atoms with Crippen LogP contribution in [0.2, 0.25) is 0 Å². The summed E-state index contributed by atoms with van der Waals surface area (Å²) in [5.74, 6) is 0.108. The zero-order valence-electron chi connectivity index (χ0n) is 8.98. The fourth-order valence-electron chi connectivity index (χ4n) is 1.27. The molecule has 0 bridgehead atoms. The number of thioether (sulfide) groups is 1. The van der Waals surface area contributed by atoms with Crippen molar-refractivity contribution >= 4 is 34.4 Å². The predicted molar refractivity (Wildman–Crippen MR) is 75.2 cm³/mol. The van der Waals surface area contributed by atoms with E-state index in [9.17, 15) is 14.3 Å². The fourth-order valence-corrected chi connectivity index (χ4v) is 2.34. The van der Waals surface area contributed by atoms with E-state index in [1.165, 1.54) is 23.9 Å². The zero-order chi connectivity index (χ0) is 13.1. The summed E-state index contributed by atoms with van der Waals surface area (Å²) in [5, 5.41) is 9.41. The number of aromatic amines is 1. The van der Waals surface area contributed by atoms with E-state index in [0.29, 0.717) is 11.6 Å². The first-order valence-corrected chi connectivity index (χ1v) is 6.98. The highest BCUT2D eigenvalue weighted by Gasteiger charge is 2.07. The van der Waals surface area contributed by atoms with Crippen LogP contribution in [0.3, 0.4) is 0 Å². The number of rotatable bonds is 3. The van der Waals surface area contributed by atoms with E-state index in [0.717, 1.165) is 4.90 Å². The highest BCUT2D eigenvalue weighted by molar-refractivity contribution is 14.1. The summed E-state index contributed by atoms with van der Waals surface area (Å²) in [7, 11) is 0. The molecule has 2 rings (SSSR count). The van der Waals surface area contributed by atoms with Gasteiger partial charge in [0.1, 0.15) is 15.2 Å². The van der Waals surface area contributed by atoms with Gasteiger partial charge in [0.05, 0.1) is 5.75 Å². The minimum absolute atomic E-state index is 0.159. The molecule has 2 N–H and O–H groups in total. The molecular weight excluding hydrogens is 370 g/mol. The highest BCUT2D eigenvalue weighted by Crippen LogP contribution is 2.22. The quantitative estimate of drug-likeness (QED) is 0.637. The average molecular weight is 378 g/mol. The van der Waals surface area contributed by atoms with Crippen LogP contribution in [0.25, 0.3) is 0 Å². The van der Waals surface area contributed by atoms with Crippen LogP contribution in [-0.4, -0.2) is 15.1 Å². The molecule has 0 atom stereocenters. The summed E-state index contributed by atoms with van der Waals surface area (Å²) in [6.45, 7) is 0. The second-order valence-corrected chi connectivity index (χ2v) is 5.52. The molecule has 94 valence electrons. The monoisotopic (exact) mass is 378 g/mol. The normalized spacial score (nSPS) is 10.6. The molecule has 18 heavy (non-hydrogen) atoms. The molecule has 1 aromatic carbocycles. The molecule has 0 saturated heterocycles. The summed E-state index contributed by atoms with van der Waals surface area (Å²) in [4.78, 5) is 18.5. The second kappa shape index (κ2) is 5.70. The van der Waals surface area contributed by atoms with Gasteiger partial charge >= 0.3 is 0 Å². The number of aromatic nitrogens is 2. The first kappa shape index (κ1) is 13.3. The lowest BCUT2D eigenvalue weighted by Gasteiger charge is -2.03. The summed E-state index contributed by atoms with van der Waals surface area (Å²) >= 11 is 3.04. The number of hydrogen-bond acceptors (Lipinski definition) is 4. The van der Waals surface area contributed by atoms with Crippen LogP contribution in [-0.2, 0) is 5.75 Å². The Kier molecular flexibility index (Phi) is 4.23. The number of aromatic hydroxyl groups is 1. The molecule has 0 unspecified atom stereocenters. The third-order valence-corrected chi connectivity index (χ3v) is 4.04. The molecule has 0 aliphatic rings. The number of hydrogen-bond donors (Lipinski definition) is 2. The van der Waals surface area contributed by atoms with E-state index in [4.69, 9.17) is 0 Å². The fraction of sp³-hybridized carbons (Fsp3) is 0.0909. The molecule has 2 aromatic rings. The Morgan fingerprint density at radius 2 is 2.28 bits per heavy atom. The molecule has 0 saturated carbocycles. The van der Waals surface area contributed by atoms with Crippen LogP contribution in [0, 0.1) is 9.39 Å². The molecule has 0 spiro atoms. The summed E-state index contributed by atoms with van der Waals surface area (Å²) in [6.07, 6.45) is 0. The van der Waals surface area contributed by atoms with Gasteiger partial charge in [-0.25, -0.2) is 4.39 Å². The minimum Gasteiger partial charge on any atom is -0.492 e. The van der Waals surface area contributed by atoms with Gasteiger partial charge in [0.25, 0.3) is 5.56 Å². The third kappa shape index (κ3) is 3.22. The lowest BCUT2D eigenvalue weighted by atomic mass is 10.4. The van der Waals surface area contributed by atoms with E-state index in [2.05, 4.69) is 9.97 Å². The van der Waals surface area contributed by atoms with E-state index in [1.54, 1.807) is 34.7 Å². The van der Waals surface area contributed by atoms with E-state index < -0.39 is 0 Å². The summed E-state index contributed by atoms with van der Waals surface area (Å²) < 4.78 is 13.1. The van der Waals surface area contributed by atoms with Crippen molar-refractivity contribution < 1.29 is 9.50 Å². The lowest BCUT2D eigenvalue weighted by Crippen LogP contribution is -2.13. The Morgan fingerprint density at radius 1 is 1.50 bits per heavy atom. The van der Waals surface area contributed by atoms with Crippen LogP contribution in [0.4, 0.5) is 4.39 Å². The zero-order valence-corrected chi connectivity index (χ0v) is 12.0. The van der Waals surface area contributed by atoms with Crippen molar-refractivity contribution in [2.75, 3.05) is 0 Å². The number of halogens is 2. The van der Waals surface area contributed by atoms with Crippen LogP contribution < -0.4 is 5.56 Å². The Balaban J connectivity index is 2.14. The van der Waals surface area contributed by atoms with Crippen molar-refractivity contribution in [1.82, 2.24) is 9.97 Å². The molecular formula is C11H8FIN2O2S. The largest absolute Gasteiger partial charge is 0.492 e. The molecule has 0 radical (unpaired) electrons. The third-order valence-electron chi connectivity index (χ3n) is 2.07. The number of benzene rings is 1. The Labute approximate surface area is 120 Å². The maximum absolute atomic E-state index is 12.9. The molecule has 0 fully saturated rings. The first-order chi connectivity index (χ1) is 8.56. The maximum Gasteiger partial charge on any atom is 0.268 e. The molecule has 0 amide bonds. The lowest BCUT2D eigenvalue weighted by molar-refractivity contribution is 0.444. The minimum atomic E-state index is -0.377. The van der Waals surface area contributed by atoms with Gasteiger partial charge in [0.15, 0.2) is 0 Å². The van der Waals surface area contributed by atoms with Gasteiger partial charge in [0, 0.05) is 4.90 Å². The Hall–Kier alpha value is -1.09. The van der Waals surface area contributed by atoms with Gasteiger partial charge in [-0.15, -0.1) is 11.8 Å². The van der Waals surface area contributed by atoms with Crippen LogP contribution in [0.1, 0.15) is 5.82 Å². The van der Waals surface area contributed by atoms with Crippen LogP contribution >= 0.6 is 34.4 Å². The van der Waals surface area contributed by atoms with Crippen molar-refractivity contribution in [3.63, 3.8) is 0 Å². The Morgan fingerprint density at radius 3 is 2.94 bits per heavy atom. The molecule has 0 aliphatic carbocycles. The molecule has 1 aromatic heterocycles. The molecule has 1 heterocycles. The van der Waals surface area contributed by atoms with Gasteiger partial charge in [-0.2, -0.15) is 4.98 Å². The SMILES string of the molecule is O=c1[nH]c(CSc2cccc(F)c2)nc(O)c1I. The standard InChI is InChI=1S/C11H8FIN2O2S/c12-6-2-1-3-7(4-6)18-5-8-14-10(16)9(13)11(17)15-8/h1-4H,5H2,(H2,14,15,16,17). The number of H-pyrrole nitrogens is 1. The summed E-state index contributed by atoms with van der Waals surface area (Å²) in [5.41, 5.74) is -0.377. The number of nitrogens with one attached hydrogen (secondary N) is 1. The number of nitrogens with zero attached hydrogens (tertiary/aromatic N) is 1. The smallest absolute Gasteiger partial charge is 0.268 e. The first-order valence-electron chi connectivity index (χ1n) is 4.92. The molecule has 7 heteroatoms. The van der Waals surface area contributed by atoms with Crippen molar-refractivity contribution in [3.8, 4) is 5.88 Å². The van der Waals surface area contributed by atoms with Crippen LogP contribution in [0.5, 0.6) is 5.88 Å². The van der Waals surface area contributed by atoms with Gasteiger partial charge in [0.2, 0.25) is 5.88 Å². The Bertz CT molecular complexity index is 633. The second-order valence-electron chi connectivity index (χ2n) is 3.40. The van der Waals surface area contributed by atoms with Gasteiger partial charge in [-0.1, -0.05) is 6.07 Å². The maximum atomic E-state index is 12.9. The van der Waals surface area contributed by atoms with Gasteiger partial charge in [-0.05, 0) is 40.8 Å². The predicted octanol–water partition coefficient (Wildman–Crippen LogP) is 2.51. The van der Waals surface area contributed by atoms with Crippen molar-refractivity contribution in [1.29, 1.82) is 0 Å². The van der Waals surface area contributed by atoms with Gasteiger partial charge < -0.3 is 10.1 Å². The molecule has 4 nitrogen and oxygen atoms in total. The van der Waals surface area contributed by atoms with Crippen molar-refractivity contribution in [2.24, 2.45) is 0 Å². The van der Waals surface area contributed by atoms with Crippen LogP contribution in [0.15, 0.2) is 34.0 Å². The summed E-state index contributed by atoms with van der Waals surface area (Å²) in [6, 6.07) is 6.13. The van der Waals surface area contributed by atoms with E-state index in [1.807, 2.05) is 0 Å². The van der Waals surface area contributed by atoms with Crippen molar-refractivity contribution in [3.05, 3.63) is 49.8 Å². The topological polar surface area (TPSA) is 66.0 Å². The highest BCUT2D eigenvalue weighted by atomic mass is 127. The molecule has 0 aliphatic heterocycles. The van der Waals surface area contributed by atoms with Gasteiger partial charge in [-0.3, -0.25) is 4.79 Å².